The first-order chi connectivity index (χ1) is 2.00. The zero-order chi connectivity index (χ0) is 4.50. The van der Waals surface area contributed by atoms with Gasteiger partial charge in [0.15, 0.2) is 0 Å². The van der Waals surface area contributed by atoms with Gasteiger partial charge in [-0.2, -0.15) is 0 Å². The molecule has 0 fully saturated rings. The molecule has 0 aliphatic carbocycles. The first-order valence-electron chi connectivity index (χ1n) is 0.783. The normalized spacial score (nSPS) is 8.43. The molecule has 32 valence electrons. The van der Waals surface area contributed by atoms with E-state index in [0.29, 0.717) is 0 Å². The summed E-state index contributed by atoms with van der Waals surface area (Å²) >= 11 is 0. The van der Waals surface area contributed by atoms with E-state index >= 15 is 0 Å². The van der Waals surface area contributed by atoms with Gasteiger partial charge in [0.05, 0.1) is 0 Å². The molecule has 0 heterocycles. The van der Waals surface area contributed by atoms with Crippen molar-refractivity contribution in [1.82, 2.24) is 0 Å². The van der Waals surface area contributed by atoms with Gasteiger partial charge in [0.25, 0.3) is 0 Å². The molecule has 0 aliphatic rings. The average molecular weight is 133 g/mol. The van der Waals surface area contributed by atoms with Gasteiger partial charge in [-0.3, -0.25) is 0 Å². The number of hydrogen-bond acceptors (Lipinski definition) is 1. The molecule has 0 aromatic rings. The van der Waals surface area contributed by atoms with Crippen LogP contribution in [-0.2, 0) is 4.57 Å². The number of phosphoric acid groups is 1. The molecular weight excluding hydrogens is 130 g/mol. The van der Waals surface area contributed by atoms with Gasteiger partial charge >= 0.3 is 37.6 Å². The summed E-state index contributed by atoms with van der Waals surface area (Å²) in [4.78, 5) is 21.6. The summed E-state index contributed by atoms with van der Waals surface area (Å²) in [5.41, 5.74) is 0. The summed E-state index contributed by atoms with van der Waals surface area (Å²) in [5.74, 6) is 0. The van der Waals surface area contributed by atoms with Crippen LogP contribution in [0, 0.1) is 0 Å². The van der Waals surface area contributed by atoms with E-state index in [4.69, 9.17) is 19.2 Å². The zero-order valence-electron chi connectivity index (χ0n) is 3.70. The first-order valence-corrected chi connectivity index (χ1v) is 2.35. The Labute approximate surface area is 57.4 Å². The topological polar surface area (TPSA) is 77.8 Å². The van der Waals surface area contributed by atoms with Crippen molar-refractivity contribution < 1.29 is 38.1 Å². The predicted molar refractivity (Wildman–Crippen MR) is 20.0 cm³/mol. The van der Waals surface area contributed by atoms with E-state index in [2.05, 4.69) is 0 Å². The molecule has 7 heteroatoms. The van der Waals surface area contributed by atoms with Crippen molar-refractivity contribution in [3.8, 4) is 0 Å². The standard InChI is InChI=1S/Li.H3O4P.Si/c;1-5(2,3)4;/h;(H3,1,2,3,4);/q+1;;+4. The second-order valence-corrected chi connectivity index (χ2v) is 1.54. The molecule has 0 saturated heterocycles. The maximum absolute atomic E-state index is 8.88. The van der Waals surface area contributed by atoms with Gasteiger partial charge in [-0.15, -0.1) is 0 Å². The van der Waals surface area contributed by atoms with E-state index in [9.17, 15) is 0 Å². The van der Waals surface area contributed by atoms with Gasteiger partial charge in [-0.1, -0.05) is 0 Å². The van der Waals surface area contributed by atoms with Crippen LogP contribution in [0.25, 0.3) is 0 Å². The van der Waals surface area contributed by atoms with Crippen LogP contribution in [0.2, 0.25) is 0 Å². The molecule has 7 heavy (non-hydrogen) atoms. The number of rotatable bonds is 0. The van der Waals surface area contributed by atoms with Crippen LogP contribution in [0.4, 0.5) is 0 Å². The molecule has 0 bridgehead atoms. The summed E-state index contributed by atoms with van der Waals surface area (Å²) < 4.78 is 8.88. The van der Waals surface area contributed by atoms with E-state index in [1.54, 1.807) is 0 Å². The van der Waals surface area contributed by atoms with Crippen LogP contribution in [0.1, 0.15) is 0 Å². The quantitative estimate of drug-likeness (QED) is 0.231. The van der Waals surface area contributed by atoms with E-state index in [-0.39, 0.29) is 29.8 Å². The number of hydrogen-bond donors (Lipinski definition) is 3. The first kappa shape index (κ1) is 15.7. The molecule has 0 radical (unpaired) electrons. The molecule has 0 atom stereocenters. The predicted octanol–water partition coefficient (Wildman–Crippen LogP) is -4.31. The summed E-state index contributed by atoms with van der Waals surface area (Å²) in [6, 6.07) is 0. The molecule has 0 amide bonds. The Hall–Kier alpha value is 0.924. The Balaban J connectivity index is -0.0000000800. The van der Waals surface area contributed by atoms with E-state index < -0.39 is 7.82 Å². The van der Waals surface area contributed by atoms with Crippen LogP contribution in [0.5, 0.6) is 0 Å². The van der Waals surface area contributed by atoms with Crippen LogP contribution in [-0.4, -0.2) is 25.6 Å². The largest absolute Gasteiger partial charge is 4.00 e. The van der Waals surface area contributed by atoms with Crippen molar-refractivity contribution in [3.05, 3.63) is 0 Å². The molecular formula is H3LiO4PSi+5. The molecule has 0 spiro atoms. The van der Waals surface area contributed by atoms with Gasteiger partial charge in [0.2, 0.25) is 0 Å². The van der Waals surface area contributed by atoms with Crippen molar-refractivity contribution in [1.29, 1.82) is 0 Å². The van der Waals surface area contributed by atoms with Crippen molar-refractivity contribution in [2.45, 2.75) is 0 Å². The third-order valence-corrected chi connectivity index (χ3v) is 0. The van der Waals surface area contributed by atoms with Gasteiger partial charge in [0.1, 0.15) is 0 Å². The van der Waals surface area contributed by atoms with Crippen molar-refractivity contribution >= 4 is 18.8 Å². The molecule has 0 aromatic carbocycles. The fourth-order valence-corrected chi connectivity index (χ4v) is 0. The summed E-state index contributed by atoms with van der Waals surface area (Å²) in [5, 5.41) is 0. The monoisotopic (exact) mass is 133 g/mol. The van der Waals surface area contributed by atoms with E-state index in [1.807, 2.05) is 0 Å². The Kier molecular flexibility index (Phi) is 11.3. The average Bonchev–Trinajstić information content (AvgIpc) is 0.722. The minimum atomic E-state index is -4.64. The summed E-state index contributed by atoms with van der Waals surface area (Å²) in [6.07, 6.45) is 0. The Bertz CT molecular complexity index is 57.8. The van der Waals surface area contributed by atoms with Gasteiger partial charge in [-0.05, 0) is 0 Å². The van der Waals surface area contributed by atoms with E-state index in [1.165, 1.54) is 0 Å². The Morgan fingerprint density at radius 3 is 1.14 bits per heavy atom. The SMILES string of the molecule is O=P(O)(O)O.[Li+].[Si+4]. The third-order valence-electron chi connectivity index (χ3n) is 0. The Morgan fingerprint density at radius 2 is 1.14 bits per heavy atom. The van der Waals surface area contributed by atoms with Crippen LogP contribution in [0.15, 0.2) is 0 Å². The van der Waals surface area contributed by atoms with Crippen molar-refractivity contribution in [2.75, 3.05) is 0 Å². The molecule has 4 nitrogen and oxygen atoms in total. The third kappa shape index (κ3) is 197. The molecule has 0 aliphatic heterocycles. The smallest absolute Gasteiger partial charge is 0.303 e. The van der Waals surface area contributed by atoms with Crippen molar-refractivity contribution in [2.24, 2.45) is 0 Å². The minimum absolute atomic E-state index is 0. The van der Waals surface area contributed by atoms with Gasteiger partial charge < -0.3 is 14.7 Å². The van der Waals surface area contributed by atoms with Crippen LogP contribution < -0.4 is 18.9 Å². The molecule has 0 saturated carbocycles. The summed E-state index contributed by atoms with van der Waals surface area (Å²) in [7, 11) is -4.64. The van der Waals surface area contributed by atoms with E-state index in [0.717, 1.165) is 0 Å². The second kappa shape index (κ2) is 5.07. The van der Waals surface area contributed by atoms with Gasteiger partial charge in [-0.25, -0.2) is 4.57 Å². The molecule has 0 aromatic heterocycles. The molecule has 0 rings (SSSR count). The second-order valence-electron chi connectivity index (χ2n) is 0.513. The van der Waals surface area contributed by atoms with Crippen LogP contribution >= 0.6 is 7.82 Å². The van der Waals surface area contributed by atoms with Crippen LogP contribution in [0.3, 0.4) is 0 Å². The maximum atomic E-state index is 8.88. The fourth-order valence-electron chi connectivity index (χ4n) is 0. The fraction of sp³-hybridized carbons (Fsp3) is 0. The maximum Gasteiger partial charge on any atom is 4.00 e. The summed E-state index contributed by atoms with van der Waals surface area (Å²) in [6.45, 7) is 0. The minimum Gasteiger partial charge on any atom is -0.303 e. The molecule has 3 N–H and O–H groups in total. The Morgan fingerprint density at radius 1 is 1.14 bits per heavy atom. The van der Waals surface area contributed by atoms with Gasteiger partial charge in [0, 0.05) is 0 Å². The molecule has 0 unspecified atom stereocenters. The zero-order valence-corrected chi connectivity index (χ0v) is 5.59. The van der Waals surface area contributed by atoms with Crippen molar-refractivity contribution in [3.63, 3.8) is 0 Å².